The maximum absolute atomic E-state index is 12.0. The predicted molar refractivity (Wildman–Crippen MR) is 89.9 cm³/mol. The Bertz CT molecular complexity index is 778. The molecule has 0 aliphatic carbocycles. The summed E-state index contributed by atoms with van der Waals surface area (Å²) in [6.45, 7) is 4.64. The number of fused-ring (bicyclic) bond motifs is 1. The first-order valence-corrected chi connectivity index (χ1v) is 7.79. The van der Waals surface area contributed by atoms with Gasteiger partial charge in [0.05, 0.1) is 5.56 Å². The molecule has 0 fully saturated rings. The fourth-order valence-electron chi connectivity index (χ4n) is 3.10. The molecule has 2 aromatic carbocycles. The van der Waals surface area contributed by atoms with Crippen LogP contribution in [-0.2, 0) is 11.2 Å². The molecule has 4 nitrogen and oxygen atoms in total. The molecular weight excluding hydrogens is 290 g/mol. The van der Waals surface area contributed by atoms with Gasteiger partial charge in [0, 0.05) is 18.7 Å². The molecule has 23 heavy (non-hydrogen) atoms. The highest BCUT2D eigenvalue weighted by Gasteiger charge is 2.24. The number of aryl methyl sites for hydroxylation is 1. The Labute approximate surface area is 135 Å². The van der Waals surface area contributed by atoms with Crippen molar-refractivity contribution in [1.29, 1.82) is 0 Å². The second kappa shape index (κ2) is 5.88. The number of aromatic carboxylic acids is 1. The Kier molecular flexibility index (Phi) is 3.90. The smallest absolute Gasteiger partial charge is 0.335 e. The van der Waals surface area contributed by atoms with Crippen LogP contribution in [0.5, 0.6) is 0 Å². The van der Waals surface area contributed by atoms with E-state index in [1.54, 1.807) is 12.1 Å². The summed E-state index contributed by atoms with van der Waals surface area (Å²) in [5.41, 5.74) is 5.65. The van der Waals surface area contributed by atoms with Crippen LogP contribution in [0, 0.1) is 6.92 Å². The van der Waals surface area contributed by atoms with Crippen LogP contribution in [0.3, 0.4) is 0 Å². The number of carbonyl (C=O) groups is 2. The summed E-state index contributed by atoms with van der Waals surface area (Å²) in [6.07, 6.45) is 1.37. The molecule has 1 amide bonds. The van der Waals surface area contributed by atoms with E-state index in [4.69, 9.17) is 5.11 Å². The normalized spacial score (nSPS) is 13.0. The number of anilines is 1. The zero-order valence-electron chi connectivity index (χ0n) is 13.3. The van der Waals surface area contributed by atoms with Crippen LogP contribution in [0.4, 0.5) is 5.69 Å². The third-order valence-corrected chi connectivity index (χ3v) is 4.37. The number of nitrogens with zero attached hydrogens (tertiary/aromatic N) is 1. The van der Waals surface area contributed by atoms with Crippen LogP contribution in [-0.4, -0.2) is 23.5 Å². The van der Waals surface area contributed by atoms with Crippen molar-refractivity contribution in [2.45, 2.75) is 26.7 Å². The highest BCUT2D eigenvalue weighted by Crippen LogP contribution is 2.35. The number of carboxylic acid groups (broad SMARTS) is 1. The molecular formula is C19H19NO3. The van der Waals surface area contributed by atoms with Gasteiger partial charge in [-0.1, -0.05) is 19.1 Å². The third kappa shape index (κ3) is 2.72. The zero-order chi connectivity index (χ0) is 16.6. The number of benzene rings is 2. The second-order valence-corrected chi connectivity index (χ2v) is 5.83. The molecule has 4 heteroatoms. The van der Waals surface area contributed by atoms with Crippen LogP contribution in [0.2, 0.25) is 0 Å². The third-order valence-electron chi connectivity index (χ3n) is 4.37. The van der Waals surface area contributed by atoms with Gasteiger partial charge >= 0.3 is 5.97 Å². The lowest BCUT2D eigenvalue weighted by atomic mass is 9.96. The van der Waals surface area contributed by atoms with E-state index in [1.807, 2.05) is 30.9 Å². The molecule has 0 bridgehead atoms. The summed E-state index contributed by atoms with van der Waals surface area (Å²) in [4.78, 5) is 24.8. The van der Waals surface area contributed by atoms with Gasteiger partial charge in [-0.05, 0) is 59.9 Å². The Hall–Kier alpha value is -2.62. The van der Waals surface area contributed by atoms with Crippen molar-refractivity contribution in [2.24, 2.45) is 0 Å². The predicted octanol–water partition coefficient (Wildman–Crippen LogP) is 3.66. The molecule has 2 aromatic rings. The highest BCUT2D eigenvalue weighted by molar-refractivity contribution is 5.96. The van der Waals surface area contributed by atoms with Gasteiger partial charge in [0.25, 0.3) is 0 Å². The minimum absolute atomic E-state index is 0.154. The van der Waals surface area contributed by atoms with Crippen molar-refractivity contribution in [3.63, 3.8) is 0 Å². The minimum Gasteiger partial charge on any atom is -0.478 e. The molecule has 0 unspecified atom stereocenters. The standard InChI is InChI=1S/C19H19NO3/c1-3-18(21)20-9-8-15-11-16(12(2)10-17(15)20)13-4-6-14(7-5-13)19(22)23/h4-7,10-11H,3,8-9H2,1-2H3,(H,22,23). The maximum atomic E-state index is 12.0. The minimum atomic E-state index is -0.920. The first kappa shape index (κ1) is 15.3. The molecule has 1 N–H and O–H groups in total. The number of hydrogen-bond acceptors (Lipinski definition) is 2. The average Bonchev–Trinajstić information content (AvgIpc) is 2.96. The summed E-state index contributed by atoms with van der Waals surface area (Å²) >= 11 is 0. The summed E-state index contributed by atoms with van der Waals surface area (Å²) in [5.74, 6) is -0.766. The van der Waals surface area contributed by atoms with E-state index in [9.17, 15) is 9.59 Å². The summed E-state index contributed by atoms with van der Waals surface area (Å²) < 4.78 is 0. The number of hydrogen-bond donors (Lipinski definition) is 1. The molecule has 3 rings (SSSR count). The number of amides is 1. The molecule has 0 saturated heterocycles. The van der Waals surface area contributed by atoms with Gasteiger partial charge in [0.1, 0.15) is 0 Å². The van der Waals surface area contributed by atoms with Gasteiger partial charge in [-0.15, -0.1) is 0 Å². The average molecular weight is 309 g/mol. The Morgan fingerprint density at radius 3 is 2.48 bits per heavy atom. The van der Waals surface area contributed by atoms with Crippen molar-refractivity contribution in [3.05, 3.63) is 53.1 Å². The van der Waals surface area contributed by atoms with E-state index in [2.05, 4.69) is 12.1 Å². The lowest BCUT2D eigenvalue weighted by Gasteiger charge is -2.18. The number of rotatable bonds is 3. The maximum Gasteiger partial charge on any atom is 0.335 e. The molecule has 0 spiro atoms. The van der Waals surface area contributed by atoms with Gasteiger partial charge < -0.3 is 10.0 Å². The van der Waals surface area contributed by atoms with Crippen molar-refractivity contribution < 1.29 is 14.7 Å². The number of carboxylic acids is 1. The summed E-state index contributed by atoms with van der Waals surface area (Å²) in [7, 11) is 0. The second-order valence-electron chi connectivity index (χ2n) is 5.83. The van der Waals surface area contributed by atoms with E-state index in [0.717, 1.165) is 35.3 Å². The van der Waals surface area contributed by atoms with Crippen molar-refractivity contribution in [1.82, 2.24) is 0 Å². The fourth-order valence-corrected chi connectivity index (χ4v) is 3.10. The van der Waals surface area contributed by atoms with Gasteiger partial charge in [0.2, 0.25) is 5.91 Å². The number of carbonyl (C=O) groups excluding carboxylic acids is 1. The summed E-state index contributed by atoms with van der Waals surface area (Å²) in [5, 5.41) is 8.99. The largest absolute Gasteiger partial charge is 0.478 e. The van der Waals surface area contributed by atoms with E-state index in [1.165, 1.54) is 5.56 Å². The van der Waals surface area contributed by atoms with Gasteiger partial charge in [-0.2, -0.15) is 0 Å². The van der Waals surface area contributed by atoms with Crippen LogP contribution >= 0.6 is 0 Å². The van der Waals surface area contributed by atoms with Gasteiger partial charge in [0.15, 0.2) is 0 Å². The van der Waals surface area contributed by atoms with Crippen LogP contribution in [0.25, 0.3) is 11.1 Å². The van der Waals surface area contributed by atoms with Crippen LogP contribution in [0.1, 0.15) is 34.8 Å². The molecule has 0 saturated carbocycles. The Morgan fingerprint density at radius 2 is 1.87 bits per heavy atom. The molecule has 0 aromatic heterocycles. The van der Waals surface area contributed by atoms with Crippen LogP contribution in [0.15, 0.2) is 36.4 Å². The molecule has 118 valence electrons. The van der Waals surface area contributed by atoms with Gasteiger partial charge in [-0.25, -0.2) is 4.79 Å². The van der Waals surface area contributed by atoms with Crippen LogP contribution < -0.4 is 4.90 Å². The van der Waals surface area contributed by atoms with E-state index < -0.39 is 5.97 Å². The summed E-state index contributed by atoms with van der Waals surface area (Å²) in [6, 6.07) is 11.1. The lowest BCUT2D eigenvalue weighted by molar-refractivity contribution is -0.118. The van der Waals surface area contributed by atoms with E-state index >= 15 is 0 Å². The first-order chi connectivity index (χ1) is 11.0. The Morgan fingerprint density at radius 1 is 1.17 bits per heavy atom. The van der Waals surface area contributed by atoms with Gasteiger partial charge in [-0.3, -0.25) is 4.79 Å². The monoisotopic (exact) mass is 309 g/mol. The molecule has 0 atom stereocenters. The first-order valence-electron chi connectivity index (χ1n) is 7.79. The SMILES string of the molecule is CCC(=O)N1CCc2cc(-c3ccc(C(=O)O)cc3)c(C)cc21. The molecule has 1 aliphatic heterocycles. The molecule has 1 aliphatic rings. The van der Waals surface area contributed by atoms with Crippen molar-refractivity contribution in [2.75, 3.05) is 11.4 Å². The molecule has 0 radical (unpaired) electrons. The molecule has 1 heterocycles. The van der Waals surface area contributed by atoms with Crippen molar-refractivity contribution in [3.8, 4) is 11.1 Å². The van der Waals surface area contributed by atoms with Crippen molar-refractivity contribution >= 4 is 17.6 Å². The topological polar surface area (TPSA) is 57.6 Å². The Balaban J connectivity index is 2.00. The fraction of sp³-hybridized carbons (Fsp3) is 0.263. The van der Waals surface area contributed by atoms with E-state index in [-0.39, 0.29) is 11.5 Å². The highest BCUT2D eigenvalue weighted by atomic mass is 16.4. The van der Waals surface area contributed by atoms with E-state index in [0.29, 0.717) is 6.42 Å². The lowest BCUT2D eigenvalue weighted by Crippen LogP contribution is -2.27. The zero-order valence-corrected chi connectivity index (χ0v) is 13.3. The quantitative estimate of drug-likeness (QED) is 0.941.